The van der Waals surface area contributed by atoms with Crippen molar-refractivity contribution in [3.63, 3.8) is 0 Å². The molecule has 0 spiro atoms. The van der Waals surface area contributed by atoms with Gasteiger partial charge in [0.1, 0.15) is 5.75 Å². The number of hydrogen-bond acceptors (Lipinski definition) is 4. The van der Waals surface area contributed by atoms with Crippen LogP contribution in [0.4, 0.5) is 0 Å². The minimum atomic E-state index is -0.140. The predicted molar refractivity (Wildman–Crippen MR) is 92.1 cm³/mol. The second kappa shape index (κ2) is 9.53. The number of hydrogen-bond donors (Lipinski definition) is 2. The van der Waals surface area contributed by atoms with Gasteiger partial charge in [-0.25, -0.2) is 0 Å². The summed E-state index contributed by atoms with van der Waals surface area (Å²) in [5.41, 5.74) is 6.34. The lowest BCUT2D eigenvalue weighted by atomic mass is 9.84. The predicted octanol–water partition coefficient (Wildman–Crippen LogP) is 2.32. The van der Waals surface area contributed by atoms with Gasteiger partial charge in [-0.05, 0) is 44.4 Å². The molecule has 128 valence electrons. The monoisotopic (exact) mass is 340 g/mol. The minimum Gasteiger partial charge on any atom is -0.484 e. The Labute approximate surface area is 143 Å². The second-order valence-corrected chi connectivity index (χ2v) is 5.83. The summed E-state index contributed by atoms with van der Waals surface area (Å²) < 4.78 is 5.47. The fourth-order valence-corrected chi connectivity index (χ4v) is 2.88. The largest absolute Gasteiger partial charge is 0.484 e. The Morgan fingerprint density at radius 3 is 2.74 bits per heavy atom. The third kappa shape index (κ3) is 5.84. The lowest BCUT2D eigenvalue weighted by Gasteiger charge is -2.31. The normalized spacial score (nSPS) is 20.3. The number of carbonyl (C=O) groups excluding carboxylic acids is 2. The molecule has 1 amide bonds. The first-order valence-electron chi connectivity index (χ1n) is 7.83. The molecule has 0 bridgehead atoms. The number of Topliss-reactive ketones (excluding diaryl/α,β-unsaturated/α-hetero) is 1. The molecule has 2 unspecified atom stereocenters. The van der Waals surface area contributed by atoms with Crippen LogP contribution in [0.15, 0.2) is 24.3 Å². The molecule has 3 N–H and O–H groups in total. The fourth-order valence-electron chi connectivity index (χ4n) is 2.88. The van der Waals surface area contributed by atoms with Gasteiger partial charge < -0.3 is 15.8 Å². The number of ether oxygens (including phenoxy) is 1. The van der Waals surface area contributed by atoms with E-state index in [-0.39, 0.29) is 36.7 Å². The van der Waals surface area contributed by atoms with Gasteiger partial charge in [0.25, 0.3) is 5.91 Å². The molecule has 2 rings (SSSR count). The van der Waals surface area contributed by atoms with Crippen LogP contribution in [0.2, 0.25) is 0 Å². The molecule has 0 heterocycles. The van der Waals surface area contributed by atoms with Crippen molar-refractivity contribution in [1.82, 2.24) is 5.32 Å². The summed E-state index contributed by atoms with van der Waals surface area (Å²) in [6.45, 7) is 2.06. The van der Waals surface area contributed by atoms with Gasteiger partial charge in [0.2, 0.25) is 0 Å². The Hall–Kier alpha value is -1.59. The topological polar surface area (TPSA) is 81.4 Å². The van der Waals surface area contributed by atoms with E-state index in [0.29, 0.717) is 23.8 Å². The van der Waals surface area contributed by atoms with Crippen LogP contribution < -0.4 is 15.8 Å². The molecule has 23 heavy (non-hydrogen) atoms. The molecule has 0 aromatic heterocycles. The molecule has 1 aliphatic carbocycles. The first kappa shape index (κ1) is 19.5. The van der Waals surface area contributed by atoms with Crippen molar-refractivity contribution in [2.75, 3.05) is 13.2 Å². The van der Waals surface area contributed by atoms with Crippen molar-refractivity contribution in [3.8, 4) is 5.75 Å². The molecule has 5 nitrogen and oxygen atoms in total. The molecule has 1 aliphatic rings. The Balaban J connectivity index is 0.00000264. The maximum Gasteiger partial charge on any atom is 0.258 e. The molecular weight excluding hydrogens is 316 g/mol. The van der Waals surface area contributed by atoms with Gasteiger partial charge in [0, 0.05) is 11.6 Å². The van der Waals surface area contributed by atoms with Gasteiger partial charge in [0.15, 0.2) is 12.4 Å². The second-order valence-electron chi connectivity index (χ2n) is 5.83. The van der Waals surface area contributed by atoms with Crippen LogP contribution in [0.5, 0.6) is 5.75 Å². The number of halogens is 1. The third-order valence-corrected chi connectivity index (χ3v) is 4.17. The quantitative estimate of drug-likeness (QED) is 0.779. The van der Waals surface area contributed by atoms with E-state index in [1.807, 2.05) is 0 Å². The Morgan fingerprint density at radius 1 is 1.30 bits per heavy atom. The van der Waals surface area contributed by atoms with Crippen molar-refractivity contribution in [3.05, 3.63) is 29.8 Å². The van der Waals surface area contributed by atoms with E-state index >= 15 is 0 Å². The van der Waals surface area contributed by atoms with Gasteiger partial charge in [-0.1, -0.05) is 25.0 Å². The van der Waals surface area contributed by atoms with Crippen molar-refractivity contribution < 1.29 is 14.3 Å². The summed E-state index contributed by atoms with van der Waals surface area (Å²) in [6, 6.07) is 7.01. The van der Waals surface area contributed by atoms with E-state index in [4.69, 9.17) is 10.5 Å². The number of amides is 1. The summed E-state index contributed by atoms with van der Waals surface area (Å²) in [6.07, 6.45) is 4.36. The summed E-state index contributed by atoms with van der Waals surface area (Å²) >= 11 is 0. The Kier molecular flexibility index (Phi) is 8.06. The number of nitrogens with one attached hydrogen (secondary N) is 1. The van der Waals surface area contributed by atoms with Gasteiger partial charge in [-0.15, -0.1) is 12.4 Å². The van der Waals surface area contributed by atoms with Crippen molar-refractivity contribution in [2.45, 2.75) is 38.6 Å². The highest BCUT2D eigenvalue weighted by Crippen LogP contribution is 2.23. The Morgan fingerprint density at radius 2 is 2.04 bits per heavy atom. The average Bonchev–Trinajstić information content (AvgIpc) is 2.53. The van der Waals surface area contributed by atoms with Crippen molar-refractivity contribution in [2.24, 2.45) is 11.7 Å². The molecule has 2 atom stereocenters. The summed E-state index contributed by atoms with van der Waals surface area (Å²) in [5, 5.41) is 3.02. The van der Waals surface area contributed by atoms with Crippen LogP contribution in [0.25, 0.3) is 0 Å². The minimum absolute atomic E-state index is 0. The number of ketones is 1. The van der Waals surface area contributed by atoms with E-state index in [1.54, 1.807) is 24.3 Å². The number of rotatable bonds is 6. The van der Waals surface area contributed by atoms with Crippen LogP contribution in [0, 0.1) is 5.92 Å². The standard InChI is InChI=1S/C17H24N2O3.ClH/c1-12(20)13-6-4-7-15(9-13)22-11-17(21)19-16-8-3-2-5-14(16)10-18;/h4,6-7,9,14,16H,2-3,5,8,10-11,18H2,1H3,(H,19,21);1H. The molecule has 1 aromatic rings. The van der Waals surface area contributed by atoms with Crippen LogP contribution >= 0.6 is 12.4 Å². The lowest BCUT2D eigenvalue weighted by Crippen LogP contribution is -2.46. The van der Waals surface area contributed by atoms with Crippen molar-refractivity contribution in [1.29, 1.82) is 0 Å². The summed E-state index contributed by atoms with van der Waals surface area (Å²) in [4.78, 5) is 23.3. The zero-order valence-corrected chi connectivity index (χ0v) is 14.2. The maximum atomic E-state index is 12.0. The zero-order valence-electron chi connectivity index (χ0n) is 13.4. The van der Waals surface area contributed by atoms with Crippen LogP contribution in [-0.2, 0) is 4.79 Å². The highest BCUT2D eigenvalue weighted by atomic mass is 35.5. The van der Waals surface area contributed by atoms with E-state index in [9.17, 15) is 9.59 Å². The molecule has 0 saturated heterocycles. The van der Waals surface area contributed by atoms with Crippen LogP contribution in [-0.4, -0.2) is 30.9 Å². The van der Waals surface area contributed by atoms with Crippen LogP contribution in [0.3, 0.4) is 0 Å². The van der Waals surface area contributed by atoms with E-state index in [2.05, 4.69) is 5.32 Å². The molecule has 1 fully saturated rings. The maximum absolute atomic E-state index is 12.0. The zero-order chi connectivity index (χ0) is 15.9. The average molecular weight is 341 g/mol. The number of nitrogens with two attached hydrogens (primary N) is 1. The first-order chi connectivity index (χ1) is 10.6. The summed E-state index contributed by atoms with van der Waals surface area (Å²) in [5.74, 6) is 0.724. The molecule has 1 saturated carbocycles. The molecule has 1 aromatic carbocycles. The fraction of sp³-hybridized carbons (Fsp3) is 0.529. The molecule has 0 aliphatic heterocycles. The van der Waals surface area contributed by atoms with E-state index < -0.39 is 0 Å². The van der Waals surface area contributed by atoms with Gasteiger partial charge in [-0.2, -0.15) is 0 Å². The first-order valence-corrected chi connectivity index (χ1v) is 7.83. The highest BCUT2D eigenvalue weighted by Gasteiger charge is 2.25. The van der Waals surface area contributed by atoms with Crippen LogP contribution in [0.1, 0.15) is 43.0 Å². The smallest absolute Gasteiger partial charge is 0.258 e. The van der Waals surface area contributed by atoms with E-state index in [1.165, 1.54) is 13.3 Å². The highest BCUT2D eigenvalue weighted by molar-refractivity contribution is 5.94. The molecular formula is C17H25ClN2O3. The molecule has 0 radical (unpaired) electrons. The van der Waals surface area contributed by atoms with Gasteiger partial charge in [0.05, 0.1) is 0 Å². The summed E-state index contributed by atoms with van der Waals surface area (Å²) in [7, 11) is 0. The SMILES string of the molecule is CC(=O)c1cccc(OCC(=O)NC2CCCCC2CN)c1.Cl. The number of benzene rings is 1. The lowest BCUT2D eigenvalue weighted by molar-refractivity contribution is -0.124. The third-order valence-electron chi connectivity index (χ3n) is 4.17. The molecule has 6 heteroatoms. The Bertz CT molecular complexity index is 536. The van der Waals surface area contributed by atoms with E-state index in [0.717, 1.165) is 19.3 Å². The number of carbonyl (C=O) groups is 2. The van der Waals surface area contributed by atoms with Gasteiger partial charge in [-0.3, -0.25) is 9.59 Å². The van der Waals surface area contributed by atoms with Crippen molar-refractivity contribution >= 4 is 24.1 Å². The van der Waals surface area contributed by atoms with Gasteiger partial charge >= 0.3 is 0 Å².